The number of alkyl halides is 3. The number of ketones is 1. The van der Waals surface area contributed by atoms with Crippen LogP contribution in [0, 0.1) is 0 Å². The molecule has 0 fully saturated rings. The van der Waals surface area contributed by atoms with Crippen molar-refractivity contribution >= 4 is 28.5 Å². The van der Waals surface area contributed by atoms with Crippen LogP contribution < -0.4 is 10.8 Å². The van der Waals surface area contributed by atoms with Gasteiger partial charge in [0.2, 0.25) is 5.78 Å². The molecule has 9 nitrogen and oxygen atoms in total. The molecule has 0 bridgehead atoms. The van der Waals surface area contributed by atoms with Gasteiger partial charge in [0, 0.05) is 24.2 Å². The Morgan fingerprint density at radius 2 is 1.81 bits per heavy atom. The Morgan fingerprint density at radius 1 is 1.05 bits per heavy atom. The molecule has 4 rings (SSSR count). The second kappa shape index (κ2) is 10.6. The summed E-state index contributed by atoms with van der Waals surface area (Å²) >= 11 is 0. The number of nitrogens with one attached hydrogen (secondary N) is 2. The number of rotatable bonds is 8. The van der Waals surface area contributed by atoms with Gasteiger partial charge in [-0.25, -0.2) is 15.1 Å². The number of hydroxylamine groups is 1. The quantitative estimate of drug-likeness (QED) is 0.276. The number of amides is 2. The number of carbonyl (C=O) groups excluding carboxylic acids is 3. The van der Waals surface area contributed by atoms with E-state index in [0.29, 0.717) is 10.9 Å². The lowest BCUT2D eigenvalue weighted by molar-refractivity contribution is -0.144. The topological polar surface area (TPSA) is 115 Å². The molecular formula is C25H20F3N5O4. The normalized spacial score (nSPS) is 12.2. The fourth-order valence-electron chi connectivity index (χ4n) is 3.66. The van der Waals surface area contributed by atoms with Crippen LogP contribution in [0.25, 0.3) is 16.7 Å². The second-order valence-electron chi connectivity index (χ2n) is 7.92. The third-order valence-electron chi connectivity index (χ3n) is 5.43. The molecule has 4 aromatic rings. The minimum Gasteiger partial charge on any atom is -0.345 e. The maximum atomic E-state index is 13.3. The lowest BCUT2D eigenvalue weighted by atomic mass is 10.0. The molecule has 12 heteroatoms. The summed E-state index contributed by atoms with van der Waals surface area (Å²) in [5, 5.41) is 7.34. The van der Waals surface area contributed by atoms with Crippen molar-refractivity contribution in [1.82, 2.24) is 25.6 Å². The number of fused-ring (bicyclic) bond motifs is 1. The first-order chi connectivity index (χ1) is 17.7. The zero-order chi connectivity index (χ0) is 26.6. The van der Waals surface area contributed by atoms with Crippen LogP contribution in [0.2, 0.25) is 0 Å². The number of pyridine rings is 1. The summed E-state index contributed by atoms with van der Waals surface area (Å²) in [6.45, 7) is 0. The van der Waals surface area contributed by atoms with Crippen LogP contribution in [-0.4, -0.2) is 39.5 Å². The molecule has 0 radical (unpaired) electrons. The van der Waals surface area contributed by atoms with Crippen LogP contribution in [0.1, 0.15) is 33.9 Å². The average molecular weight is 511 g/mol. The van der Waals surface area contributed by atoms with Gasteiger partial charge in [-0.3, -0.25) is 19.2 Å². The van der Waals surface area contributed by atoms with Crippen molar-refractivity contribution in [3.05, 3.63) is 89.7 Å². The van der Waals surface area contributed by atoms with E-state index in [9.17, 15) is 27.6 Å². The van der Waals surface area contributed by atoms with Crippen LogP contribution in [0.15, 0.2) is 73.1 Å². The molecule has 2 aromatic heterocycles. The minimum absolute atomic E-state index is 0.0566. The standard InChI is InChI=1S/C25H20F3N5O4/c1-37-32-24(36)21(34)13-19(15-6-3-2-4-7-15)30-23(35)18-8-5-11-29-22(18)33-14-16-9-10-17(25(26,27)28)12-20(16)31-33/h2-12,14,19H,13H2,1H3,(H,30,35)(H,32,36). The third kappa shape index (κ3) is 5.81. The van der Waals surface area contributed by atoms with Crippen molar-refractivity contribution in [3.63, 3.8) is 0 Å². The van der Waals surface area contributed by atoms with Crippen molar-refractivity contribution < 1.29 is 32.4 Å². The number of aromatic nitrogens is 3. The molecule has 1 atom stereocenters. The molecule has 2 aromatic carbocycles. The van der Waals surface area contributed by atoms with Crippen LogP contribution in [0.4, 0.5) is 13.2 Å². The predicted molar refractivity (Wildman–Crippen MR) is 125 cm³/mol. The highest BCUT2D eigenvalue weighted by atomic mass is 19.4. The fraction of sp³-hybridized carbons (Fsp3) is 0.160. The zero-order valence-corrected chi connectivity index (χ0v) is 19.3. The van der Waals surface area contributed by atoms with Gasteiger partial charge in [0.25, 0.3) is 5.91 Å². The number of benzene rings is 2. The summed E-state index contributed by atoms with van der Waals surface area (Å²) in [4.78, 5) is 46.3. The molecule has 0 aliphatic heterocycles. The molecule has 0 saturated carbocycles. The van der Waals surface area contributed by atoms with Gasteiger partial charge in [0.1, 0.15) is 0 Å². The molecule has 2 N–H and O–H groups in total. The van der Waals surface area contributed by atoms with Crippen molar-refractivity contribution in [2.45, 2.75) is 18.6 Å². The monoisotopic (exact) mass is 511 g/mol. The van der Waals surface area contributed by atoms with Crippen LogP contribution in [-0.2, 0) is 20.6 Å². The Kier molecular flexibility index (Phi) is 7.30. The molecule has 190 valence electrons. The van der Waals surface area contributed by atoms with E-state index in [4.69, 9.17) is 0 Å². The Balaban J connectivity index is 1.65. The number of carbonyl (C=O) groups is 3. The molecule has 0 spiro atoms. The molecule has 2 heterocycles. The number of hydrogen-bond acceptors (Lipinski definition) is 6. The summed E-state index contributed by atoms with van der Waals surface area (Å²) in [6, 6.07) is 13.8. The highest BCUT2D eigenvalue weighted by Crippen LogP contribution is 2.31. The molecule has 1 unspecified atom stereocenters. The lowest BCUT2D eigenvalue weighted by Crippen LogP contribution is -2.36. The minimum atomic E-state index is -4.53. The van der Waals surface area contributed by atoms with Gasteiger partial charge in [-0.2, -0.15) is 18.3 Å². The predicted octanol–water partition coefficient (Wildman–Crippen LogP) is 3.55. The van der Waals surface area contributed by atoms with Crippen molar-refractivity contribution in [1.29, 1.82) is 0 Å². The average Bonchev–Trinajstić information content (AvgIpc) is 3.32. The second-order valence-corrected chi connectivity index (χ2v) is 7.92. The summed E-state index contributed by atoms with van der Waals surface area (Å²) in [5.41, 5.74) is 1.80. The largest absolute Gasteiger partial charge is 0.416 e. The van der Waals surface area contributed by atoms with Gasteiger partial charge < -0.3 is 5.32 Å². The molecule has 0 aliphatic rings. The first kappa shape index (κ1) is 25.5. The molecule has 0 saturated heterocycles. The highest BCUT2D eigenvalue weighted by Gasteiger charge is 2.31. The third-order valence-corrected chi connectivity index (χ3v) is 5.43. The Bertz CT molecular complexity index is 1450. The first-order valence-electron chi connectivity index (χ1n) is 10.9. The van der Waals surface area contributed by atoms with E-state index in [1.807, 2.05) is 5.48 Å². The lowest BCUT2D eigenvalue weighted by Gasteiger charge is -2.19. The van der Waals surface area contributed by atoms with E-state index >= 15 is 0 Å². The summed E-state index contributed by atoms with van der Waals surface area (Å²) < 4.78 is 40.5. The first-order valence-corrected chi connectivity index (χ1v) is 10.9. The maximum absolute atomic E-state index is 13.3. The Labute approximate surface area is 208 Å². The summed E-state index contributed by atoms with van der Waals surface area (Å²) in [5.74, 6) is -2.35. The molecule has 2 amide bonds. The number of nitrogens with zero attached hydrogens (tertiary/aromatic N) is 3. The van der Waals surface area contributed by atoms with Gasteiger partial charge in [-0.1, -0.05) is 36.4 Å². The summed E-state index contributed by atoms with van der Waals surface area (Å²) in [6.07, 6.45) is -2.01. The highest BCUT2D eigenvalue weighted by molar-refractivity contribution is 6.36. The number of halogens is 3. The maximum Gasteiger partial charge on any atom is 0.416 e. The zero-order valence-electron chi connectivity index (χ0n) is 19.3. The van der Waals surface area contributed by atoms with E-state index in [1.165, 1.54) is 42.4 Å². The van der Waals surface area contributed by atoms with E-state index in [2.05, 4.69) is 20.2 Å². The molecular weight excluding hydrogens is 491 g/mol. The summed E-state index contributed by atoms with van der Waals surface area (Å²) in [7, 11) is 1.19. The van der Waals surface area contributed by atoms with Gasteiger partial charge in [0.05, 0.1) is 29.8 Å². The van der Waals surface area contributed by atoms with Gasteiger partial charge >= 0.3 is 12.1 Å². The van der Waals surface area contributed by atoms with E-state index < -0.39 is 35.4 Å². The van der Waals surface area contributed by atoms with Crippen LogP contribution in [0.3, 0.4) is 0 Å². The van der Waals surface area contributed by atoms with Crippen molar-refractivity contribution in [2.75, 3.05) is 7.11 Å². The van der Waals surface area contributed by atoms with Gasteiger partial charge in [-0.05, 0) is 29.8 Å². The SMILES string of the molecule is CONC(=O)C(=O)CC(NC(=O)c1cccnc1-n1cc2ccc(C(F)(F)F)cc2n1)c1ccccc1. The van der Waals surface area contributed by atoms with Crippen LogP contribution in [0.5, 0.6) is 0 Å². The van der Waals surface area contributed by atoms with E-state index in [-0.39, 0.29) is 23.3 Å². The smallest absolute Gasteiger partial charge is 0.345 e. The van der Waals surface area contributed by atoms with Gasteiger partial charge in [0.15, 0.2) is 5.82 Å². The fourth-order valence-corrected chi connectivity index (χ4v) is 3.66. The van der Waals surface area contributed by atoms with Crippen molar-refractivity contribution in [3.8, 4) is 5.82 Å². The van der Waals surface area contributed by atoms with Gasteiger partial charge in [-0.15, -0.1) is 0 Å². The number of hydrogen-bond donors (Lipinski definition) is 2. The van der Waals surface area contributed by atoms with E-state index in [1.54, 1.807) is 30.3 Å². The molecule has 0 aliphatic carbocycles. The van der Waals surface area contributed by atoms with Crippen molar-refractivity contribution in [2.24, 2.45) is 0 Å². The van der Waals surface area contributed by atoms with Crippen LogP contribution >= 0.6 is 0 Å². The molecule has 37 heavy (non-hydrogen) atoms. The van der Waals surface area contributed by atoms with E-state index in [0.717, 1.165) is 12.1 Å². The number of Topliss-reactive ketones (excluding diaryl/α,β-unsaturated/α-hetero) is 1. The Morgan fingerprint density at radius 3 is 2.51 bits per heavy atom. The Hall–Kier alpha value is -4.58.